The van der Waals surface area contributed by atoms with E-state index in [1.54, 1.807) is 19.2 Å². The molecule has 196 valence electrons. The van der Waals surface area contributed by atoms with Gasteiger partial charge in [0.2, 0.25) is 0 Å². The molecule has 2 aliphatic heterocycles. The molecule has 4 heterocycles. The van der Waals surface area contributed by atoms with Gasteiger partial charge >= 0.3 is 11.9 Å². The number of aliphatic carboxylic acids is 1. The van der Waals surface area contributed by atoms with Gasteiger partial charge in [0.25, 0.3) is 11.5 Å². The number of hydrogen-bond acceptors (Lipinski definition) is 9. The summed E-state index contributed by atoms with van der Waals surface area (Å²) in [4.78, 5) is 58.3. The minimum Gasteiger partial charge on any atom is -0.481 e. The number of carboxylic acids is 1. The Hall–Kier alpha value is -3.25. The largest absolute Gasteiger partial charge is 0.481 e. The second-order valence-corrected chi connectivity index (χ2v) is 10.6. The minimum absolute atomic E-state index is 0.0721. The highest BCUT2D eigenvalue weighted by Crippen LogP contribution is 2.34. The number of esters is 1. The second-order valence-electron chi connectivity index (χ2n) is 8.88. The van der Waals surface area contributed by atoms with Crippen LogP contribution in [0.5, 0.6) is 0 Å². The van der Waals surface area contributed by atoms with Crippen LogP contribution in [0.25, 0.3) is 11.7 Å². The van der Waals surface area contributed by atoms with E-state index in [4.69, 9.17) is 27.0 Å². The fraction of sp³-hybridized carbons (Fsp3) is 0.440. The van der Waals surface area contributed by atoms with Crippen LogP contribution in [0.1, 0.15) is 43.7 Å². The lowest BCUT2D eigenvalue weighted by Crippen LogP contribution is -2.39. The topological polar surface area (TPSA) is 122 Å². The zero-order valence-electron chi connectivity index (χ0n) is 20.6. The monoisotopic (exact) mass is 544 g/mol. The summed E-state index contributed by atoms with van der Waals surface area (Å²) in [6.45, 7) is 5.20. The maximum atomic E-state index is 13.7. The third-order valence-electron chi connectivity index (χ3n) is 6.40. The van der Waals surface area contributed by atoms with Gasteiger partial charge in [-0.25, -0.2) is 4.98 Å². The number of aromatic nitrogens is 2. The molecule has 0 unspecified atom stereocenters. The summed E-state index contributed by atoms with van der Waals surface area (Å²) in [7, 11) is 0. The van der Waals surface area contributed by atoms with Crippen molar-refractivity contribution in [1.29, 1.82) is 0 Å². The number of carbonyl (C=O) groups is 3. The first-order valence-electron chi connectivity index (χ1n) is 12.1. The van der Waals surface area contributed by atoms with Crippen molar-refractivity contribution in [2.45, 2.75) is 39.5 Å². The number of hydrogen-bond donors (Lipinski definition) is 1. The third kappa shape index (κ3) is 5.69. The summed E-state index contributed by atoms with van der Waals surface area (Å²) in [5, 5.41) is 8.90. The molecule has 12 heteroatoms. The SMILES string of the molecule is CCOC(=O)C1CCN(c2nc3c(C)cccn3c(=O)c2/C=C2\SC(=S)N(CCCC(=O)O)C2=O)CC1. The molecule has 2 aliphatic rings. The quantitative estimate of drug-likeness (QED) is 0.302. The Balaban J connectivity index is 1.70. The molecule has 2 aromatic heterocycles. The molecule has 1 N–H and O–H groups in total. The lowest BCUT2D eigenvalue weighted by molar-refractivity contribution is -0.148. The molecule has 0 saturated carbocycles. The van der Waals surface area contributed by atoms with Gasteiger partial charge in [0.05, 0.1) is 23.0 Å². The Bertz CT molecular complexity index is 1350. The lowest BCUT2D eigenvalue weighted by Gasteiger charge is -2.32. The highest BCUT2D eigenvalue weighted by atomic mass is 32.2. The molecule has 0 spiro atoms. The van der Waals surface area contributed by atoms with Gasteiger partial charge in [0, 0.05) is 32.3 Å². The molecule has 37 heavy (non-hydrogen) atoms. The minimum atomic E-state index is -0.942. The van der Waals surface area contributed by atoms with Crippen LogP contribution in [-0.2, 0) is 19.1 Å². The van der Waals surface area contributed by atoms with Gasteiger partial charge in [-0.05, 0) is 50.8 Å². The molecular formula is C25H28N4O6S2. The molecule has 0 atom stereocenters. The Morgan fingerprint density at radius 1 is 1.30 bits per heavy atom. The molecule has 2 saturated heterocycles. The summed E-state index contributed by atoms with van der Waals surface area (Å²) in [5.74, 6) is -1.26. The molecule has 4 rings (SSSR count). The average Bonchev–Trinajstić information content (AvgIpc) is 3.13. The molecule has 10 nitrogen and oxygen atoms in total. The molecule has 0 radical (unpaired) electrons. The van der Waals surface area contributed by atoms with E-state index in [-0.39, 0.29) is 53.2 Å². The number of piperidine rings is 1. The second kappa shape index (κ2) is 11.4. The number of thiocarbonyl (C=S) groups is 1. The highest BCUT2D eigenvalue weighted by molar-refractivity contribution is 8.26. The smallest absolute Gasteiger partial charge is 0.309 e. The molecule has 0 aliphatic carbocycles. The zero-order valence-corrected chi connectivity index (χ0v) is 22.3. The number of pyridine rings is 1. The van der Waals surface area contributed by atoms with Crippen LogP contribution in [0.2, 0.25) is 0 Å². The number of anilines is 1. The summed E-state index contributed by atoms with van der Waals surface area (Å²) in [5.41, 5.74) is 1.31. The van der Waals surface area contributed by atoms with Crippen molar-refractivity contribution >= 4 is 63.7 Å². The maximum absolute atomic E-state index is 13.7. The highest BCUT2D eigenvalue weighted by Gasteiger charge is 2.33. The summed E-state index contributed by atoms with van der Waals surface area (Å²) in [6.07, 6.45) is 4.51. The van der Waals surface area contributed by atoms with Gasteiger partial charge in [0.15, 0.2) is 0 Å². The zero-order chi connectivity index (χ0) is 26.7. The van der Waals surface area contributed by atoms with Crippen LogP contribution in [0.4, 0.5) is 5.82 Å². The molecule has 2 aromatic rings. The van der Waals surface area contributed by atoms with Crippen molar-refractivity contribution in [3.05, 3.63) is 44.7 Å². The predicted molar refractivity (Wildman–Crippen MR) is 145 cm³/mol. The molecule has 1 amide bonds. The van der Waals surface area contributed by atoms with E-state index in [1.165, 1.54) is 15.4 Å². The first-order chi connectivity index (χ1) is 17.7. The van der Waals surface area contributed by atoms with Gasteiger partial charge in [-0.1, -0.05) is 30.0 Å². The number of carboxylic acid groups (broad SMARTS) is 1. The Morgan fingerprint density at radius 3 is 2.70 bits per heavy atom. The Morgan fingerprint density at radius 2 is 2.03 bits per heavy atom. The van der Waals surface area contributed by atoms with Gasteiger partial charge < -0.3 is 14.7 Å². The van der Waals surface area contributed by atoms with Crippen molar-refractivity contribution in [1.82, 2.24) is 14.3 Å². The fourth-order valence-corrected chi connectivity index (χ4v) is 5.76. The van der Waals surface area contributed by atoms with Crippen molar-refractivity contribution in [2.24, 2.45) is 5.92 Å². The molecular weight excluding hydrogens is 516 g/mol. The number of nitrogens with zero attached hydrogens (tertiary/aromatic N) is 4. The van der Waals surface area contributed by atoms with Crippen LogP contribution in [-0.4, -0.2) is 67.8 Å². The number of rotatable bonds is 8. The van der Waals surface area contributed by atoms with Crippen LogP contribution in [0, 0.1) is 12.8 Å². The van der Waals surface area contributed by atoms with E-state index in [9.17, 15) is 19.2 Å². The predicted octanol–water partition coefficient (Wildman–Crippen LogP) is 2.85. The standard InChI is InChI=1S/C25H28N4O6S2/c1-3-35-24(34)16-8-12-27(13-9-16)21-17(22(32)28-10-4-6-15(2)20(28)26-21)14-18-23(33)29(25(36)37-18)11-5-7-19(30)31/h4,6,10,14,16H,3,5,7-9,11-13H2,1-2H3,(H,30,31)/b18-14-. The average molecular weight is 545 g/mol. The first kappa shape index (κ1) is 26.8. The van der Waals surface area contributed by atoms with Crippen LogP contribution in [0.15, 0.2) is 28.0 Å². The number of aryl methyl sites for hydroxylation is 1. The first-order valence-corrected chi connectivity index (χ1v) is 13.3. The normalized spacial score (nSPS) is 17.7. The van der Waals surface area contributed by atoms with Crippen LogP contribution in [0.3, 0.4) is 0 Å². The van der Waals surface area contributed by atoms with E-state index in [0.29, 0.717) is 48.3 Å². The van der Waals surface area contributed by atoms with Gasteiger partial charge in [-0.2, -0.15) is 0 Å². The van der Waals surface area contributed by atoms with Crippen molar-refractivity contribution < 1.29 is 24.2 Å². The number of carbonyl (C=O) groups excluding carboxylic acids is 2. The maximum Gasteiger partial charge on any atom is 0.309 e. The summed E-state index contributed by atoms with van der Waals surface area (Å²) in [6, 6.07) is 3.64. The fourth-order valence-electron chi connectivity index (χ4n) is 4.47. The van der Waals surface area contributed by atoms with Gasteiger partial charge in [-0.3, -0.25) is 28.5 Å². The third-order valence-corrected chi connectivity index (χ3v) is 7.78. The number of thioether (sulfide) groups is 1. The van der Waals surface area contributed by atoms with Gasteiger partial charge in [0.1, 0.15) is 15.8 Å². The van der Waals surface area contributed by atoms with Crippen molar-refractivity contribution in [2.75, 3.05) is 31.1 Å². The van der Waals surface area contributed by atoms with Crippen LogP contribution >= 0.6 is 24.0 Å². The van der Waals surface area contributed by atoms with E-state index < -0.39 is 5.97 Å². The number of amides is 1. The van der Waals surface area contributed by atoms with Crippen molar-refractivity contribution in [3.63, 3.8) is 0 Å². The van der Waals surface area contributed by atoms with E-state index in [2.05, 4.69) is 0 Å². The van der Waals surface area contributed by atoms with Gasteiger partial charge in [-0.15, -0.1) is 0 Å². The number of ether oxygens (including phenoxy) is 1. The van der Waals surface area contributed by atoms with Crippen molar-refractivity contribution in [3.8, 4) is 0 Å². The lowest BCUT2D eigenvalue weighted by atomic mass is 9.96. The molecule has 0 aromatic carbocycles. The van der Waals surface area contributed by atoms with E-state index in [1.807, 2.05) is 17.9 Å². The van der Waals surface area contributed by atoms with E-state index >= 15 is 0 Å². The van der Waals surface area contributed by atoms with Crippen LogP contribution < -0.4 is 10.5 Å². The Labute approximate surface area is 223 Å². The number of fused-ring (bicyclic) bond motifs is 1. The summed E-state index contributed by atoms with van der Waals surface area (Å²) >= 11 is 6.44. The molecule has 0 bridgehead atoms. The van der Waals surface area contributed by atoms with E-state index in [0.717, 1.165) is 17.3 Å². The summed E-state index contributed by atoms with van der Waals surface area (Å²) < 4.78 is 6.96. The molecule has 2 fully saturated rings. The Kier molecular flexibility index (Phi) is 8.28.